The highest BCUT2D eigenvalue weighted by Gasteiger charge is 2.30. The van der Waals surface area contributed by atoms with Crippen molar-refractivity contribution in [2.45, 2.75) is 6.92 Å². The fourth-order valence-corrected chi connectivity index (χ4v) is 3.26. The molecule has 2 heterocycles. The Balaban J connectivity index is 1.54. The molecule has 0 bridgehead atoms. The summed E-state index contributed by atoms with van der Waals surface area (Å²) in [4.78, 5) is 28.6. The van der Waals surface area contributed by atoms with Crippen molar-refractivity contribution in [2.24, 2.45) is 0 Å². The van der Waals surface area contributed by atoms with Crippen LogP contribution in [0.5, 0.6) is 5.75 Å². The molecule has 0 radical (unpaired) electrons. The number of piperazine rings is 1. The fourth-order valence-electron chi connectivity index (χ4n) is 3.26. The Morgan fingerprint density at radius 1 is 1.25 bits per heavy atom. The highest BCUT2D eigenvalue weighted by molar-refractivity contribution is 5.96. The van der Waals surface area contributed by atoms with Gasteiger partial charge in [0.1, 0.15) is 5.75 Å². The molecule has 0 unspecified atom stereocenters. The van der Waals surface area contributed by atoms with Gasteiger partial charge in [0.2, 0.25) is 0 Å². The van der Waals surface area contributed by atoms with Crippen molar-refractivity contribution < 1.29 is 19.2 Å². The van der Waals surface area contributed by atoms with Crippen molar-refractivity contribution in [2.75, 3.05) is 57.3 Å². The largest absolute Gasteiger partial charge is 0.492 e. The van der Waals surface area contributed by atoms with Crippen LogP contribution in [0, 0.1) is 0 Å². The van der Waals surface area contributed by atoms with Crippen molar-refractivity contribution in [3.63, 3.8) is 0 Å². The van der Waals surface area contributed by atoms with E-state index < -0.39 is 0 Å². The number of anilines is 1. The normalized spacial score (nSPS) is 18.6. The molecule has 7 heteroatoms. The van der Waals surface area contributed by atoms with Gasteiger partial charge in [-0.3, -0.25) is 9.69 Å². The molecule has 0 saturated carbocycles. The standard InChI is InChI=1S/C17H24N4O3/c1-2-24-15-6-4-3-5-14(15)20-11-9-19(10-12-20)13-16(22)21-8-7-18-17(21)23/h3-6H,2,7-13H2,1H3,(H,18,23)/p+1. The molecule has 0 aliphatic carbocycles. The first-order valence-electron chi connectivity index (χ1n) is 8.57. The van der Waals surface area contributed by atoms with Crippen LogP contribution >= 0.6 is 0 Å². The van der Waals surface area contributed by atoms with Crippen molar-refractivity contribution >= 4 is 17.6 Å². The third-order valence-electron chi connectivity index (χ3n) is 4.54. The zero-order valence-corrected chi connectivity index (χ0v) is 14.1. The number of amides is 3. The predicted octanol–water partition coefficient (Wildman–Crippen LogP) is -0.658. The third-order valence-corrected chi connectivity index (χ3v) is 4.54. The van der Waals surface area contributed by atoms with E-state index in [2.05, 4.69) is 16.3 Å². The van der Waals surface area contributed by atoms with Crippen LogP contribution in [-0.4, -0.2) is 69.3 Å². The number of carbonyl (C=O) groups excluding carboxylic acids is 2. The molecule has 1 aromatic carbocycles. The number of benzene rings is 1. The molecule has 1 aromatic rings. The zero-order valence-electron chi connectivity index (χ0n) is 14.1. The van der Waals surface area contributed by atoms with Crippen molar-refractivity contribution in [3.05, 3.63) is 24.3 Å². The van der Waals surface area contributed by atoms with E-state index in [1.165, 1.54) is 9.80 Å². The van der Waals surface area contributed by atoms with Gasteiger partial charge in [-0.25, -0.2) is 4.79 Å². The summed E-state index contributed by atoms with van der Waals surface area (Å²) in [7, 11) is 0. The smallest absolute Gasteiger partial charge is 0.324 e. The van der Waals surface area contributed by atoms with Crippen molar-refractivity contribution in [1.29, 1.82) is 0 Å². The average molecular weight is 333 g/mol. The van der Waals surface area contributed by atoms with E-state index in [1.54, 1.807) is 0 Å². The minimum atomic E-state index is -0.260. The summed E-state index contributed by atoms with van der Waals surface area (Å²) in [6.07, 6.45) is 0. The summed E-state index contributed by atoms with van der Waals surface area (Å²) in [5.41, 5.74) is 1.11. The number of rotatable bonds is 5. The Hall–Kier alpha value is -2.28. The molecular formula is C17H25N4O3+. The van der Waals surface area contributed by atoms with Crippen LogP contribution in [0.2, 0.25) is 0 Å². The second kappa shape index (κ2) is 7.53. The molecule has 7 nitrogen and oxygen atoms in total. The summed E-state index contributed by atoms with van der Waals surface area (Å²) in [5.74, 6) is 0.830. The van der Waals surface area contributed by atoms with Crippen LogP contribution in [-0.2, 0) is 4.79 Å². The maximum Gasteiger partial charge on any atom is 0.324 e. The number of ether oxygens (including phenoxy) is 1. The number of nitrogens with one attached hydrogen (secondary N) is 2. The lowest BCUT2D eigenvalue weighted by Crippen LogP contribution is -3.16. The van der Waals surface area contributed by atoms with Gasteiger partial charge < -0.3 is 19.9 Å². The van der Waals surface area contributed by atoms with Crippen LogP contribution in [0.3, 0.4) is 0 Å². The van der Waals surface area contributed by atoms with Crippen LogP contribution in [0.1, 0.15) is 6.92 Å². The first kappa shape index (κ1) is 16.6. The Morgan fingerprint density at radius 3 is 2.67 bits per heavy atom. The van der Waals surface area contributed by atoms with Gasteiger partial charge in [0.05, 0.1) is 38.5 Å². The molecule has 24 heavy (non-hydrogen) atoms. The van der Waals surface area contributed by atoms with E-state index in [0.29, 0.717) is 26.2 Å². The highest BCUT2D eigenvalue weighted by Crippen LogP contribution is 2.27. The number of hydrogen-bond donors (Lipinski definition) is 2. The van der Waals surface area contributed by atoms with Crippen LogP contribution in [0.25, 0.3) is 0 Å². The minimum absolute atomic E-state index is 0.0804. The molecule has 3 amide bonds. The Kier molecular flexibility index (Phi) is 5.20. The van der Waals surface area contributed by atoms with Gasteiger partial charge in [0, 0.05) is 13.1 Å². The Bertz CT molecular complexity index is 599. The van der Waals surface area contributed by atoms with E-state index in [0.717, 1.165) is 37.6 Å². The van der Waals surface area contributed by atoms with Gasteiger partial charge in [0.15, 0.2) is 6.54 Å². The number of hydrogen-bond acceptors (Lipinski definition) is 4. The maximum atomic E-state index is 12.2. The molecular weight excluding hydrogens is 308 g/mol. The van der Waals surface area contributed by atoms with Crippen molar-refractivity contribution in [1.82, 2.24) is 10.2 Å². The molecule has 0 atom stereocenters. The second-order valence-corrected chi connectivity index (χ2v) is 6.09. The molecule has 3 rings (SSSR count). The topological polar surface area (TPSA) is 66.3 Å². The van der Waals surface area contributed by atoms with Gasteiger partial charge in [-0.2, -0.15) is 0 Å². The molecule has 2 saturated heterocycles. The van der Waals surface area contributed by atoms with Gasteiger partial charge in [-0.1, -0.05) is 12.1 Å². The second-order valence-electron chi connectivity index (χ2n) is 6.09. The number of urea groups is 1. The summed E-state index contributed by atoms with van der Waals surface area (Å²) < 4.78 is 5.71. The van der Waals surface area contributed by atoms with Crippen LogP contribution in [0.15, 0.2) is 24.3 Å². The molecule has 2 aliphatic rings. The lowest BCUT2D eigenvalue weighted by molar-refractivity contribution is -0.892. The summed E-state index contributed by atoms with van der Waals surface area (Å²) >= 11 is 0. The fraction of sp³-hybridized carbons (Fsp3) is 0.529. The number of quaternary nitrogens is 1. The molecule has 0 spiro atoms. The van der Waals surface area contributed by atoms with E-state index in [9.17, 15) is 9.59 Å². The van der Waals surface area contributed by atoms with Crippen LogP contribution in [0.4, 0.5) is 10.5 Å². The van der Waals surface area contributed by atoms with E-state index in [4.69, 9.17) is 4.74 Å². The zero-order chi connectivity index (χ0) is 16.9. The maximum absolute atomic E-state index is 12.2. The minimum Gasteiger partial charge on any atom is -0.492 e. The number of nitrogens with zero attached hydrogens (tertiary/aromatic N) is 2. The molecule has 2 fully saturated rings. The Morgan fingerprint density at radius 2 is 2.00 bits per heavy atom. The highest BCUT2D eigenvalue weighted by atomic mass is 16.5. The summed E-state index contributed by atoms with van der Waals surface area (Å²) in [6.45, 7) is 7.56. The average Bonchev–Trinajstić information content (AvgIpc) is 3.03. The summed E-state index contributed by atoms with van der Waals surface area (Å²) in [5, 5.41) is 2.67. The third kappa shape index (κ3) is 3.62. The molecule has 2 aliphatic heterocycles. The van der Waals surface area contributed by atoms with E-state index in [1.807, 2.05) is 25.1 Å². The monoisotopic (exact) mass is 333 g/mol. The number of imide groups is 1. The van der Waals surface area contributed by atoms with Crippen LogP contribution < -0.4 is 19.9 Å². The lowest BCUT2D eigenvalue weighted by atomic mass is 10.2. The molecule has 2 N–H and O–H groups in total. The van der Waals surface area contributed by atoms with Crippen molar-refractivity contribution in [3.8, 4) is 5.75 Å². The van der Waals surface area contributed by atoms with Gasteiger partial charge in [-0.15, -0.1) is 0 Å². The van der Waals surface area contributed by atoms with Gasteiger partial charge in [0.25, 0.3) is 5.91 Å². The molecule has 130 valence electrons. The first-order valence-corrected chi connectivity index (χ1v) is 8.57. The van der Waals surface area contributed by atoms with E-state index >= 15 is 0 Å². The molecule has 0 aromatic heterocycles. The van der Waals surface area contributed by atoms with Gasteiger partial charge in [-0.05, 0) is 19.1 Å². The SMILES string of the molecule is CCOc1ccccc1N1CC[NH+](CC(=O)N2CCNC2=O)CC1. The van der Waals surface area contributed by atoms with Gasteiger partial charge >= 0.3 is 6.03 Å². The number of carbonyl (C=O) groups is 2. The first-order chi connectivity index (χ1) is 11.7. The lowest BCUT2D eigenvalue weighted by Gasteiger charge is -2.34. The summed E-state index contributed by atoms with van der Waals surface area (Å²) in [6, 6.07) is 7.81. The van der Waals surface area contributed by atoms with E-state index in [-0.39, 0.29) is 11.9 Å². The quantitative estimate of drug-likeness (QED) is 0.751. The Labute approximate surface area is 142 Å². The number of para-hydroxylation sites is 2. The predicted molar refractivity (Wildman–Crippen MR) is 90.5 cm³/mol.